The summed E-state index contributed by atoms with van der Waals surface area (Å²) in [5, 5.41) is 8.16. The van der Waals surface area contributed by atoms with Gasteiger partial charge in [-0.1, -0.05) is 51.9 Å². The molecule has 1 unspecified atom stereocenters. The zero-order chi connectivity index (χ0) is 9.94. The van der Waals surface area contributed by atoms with E-state index in [0.29, 0.717) is 0 Å². The lowest BCUT2D eigenvalue weighted by Gasteiger charge is -2.01. The van der Waals surface area contributed by atoms with Crippen LogP contribution in [0.4, 0.5) is 0 Å². The highest BCUT2D eigenvalue weighted by atomic mass is 35.5. The Morgan fingerprint density at radius 1 is 1.08 bits per heavy atom. The molecule has 0 aromatic heterocycles. The molecule has 1 atom stereocenters. The van der Waals surface area contributed by atoms with Crippen LogP contribution in [0.1, 0.15) is 58.3 Å². The Bertz CT molecular complexity index is 140. The molecule has 0 amide bonds. The van der Waals surface area contributed by atoms with Crippen molar-refractivity contribution in [1.29, 1.82) is 5.26 Å². The summed E-state index contributed by atoms with van der Waals surface area (Å²) in [6.45, 7) is 2.23. The predicted molar refractivity (Wildman–Crippen MR) is 57.9 cm³/mol. The molecule has 0 heterocycles. The normalized spacial score (nSPS) is 12.4. The van der Waals surface area contributed by atoms with E-state index in [4.69, 9.17) is 16.9 Å². The van der Waals surface area contributed by atoms with Gasteiger partial charge in [0.1, 0.15) is 5.38 Å². The fourth-order valence-corrected chi connectivity index (χ4v) is 1.50. The molecule has 0 N–H and O–H groups in total. The molecular weight excluding hydrogens is 182 g/mol. The minimum Gasteiger partial charge on any atom is -0.197 e. The Morgan fingerprint density at radius 3 is 2.15 bits per heavy atom. The van der Waals surface area contributed by atoms with E-state index in [0.717, 1.165) is 12.8 Å². The molecule has 0 aromatic rings. The molecule has 0 spiro atoms. The average molecular weight is 202 g/mol. The van der Waals surface area contributed by atoms with Crippen molar-refractivity contribution in [3.05, 3.63) is 0 Å². The number of alkyl halides is 1. The average Bonchev–Trinajstić information content (AvgIpc) is 2.16. The molecule has 0 aliphatic carbocycles. The van der Waals surface area contributed by atoms with Gasteiger partial charge >= 0.3 is 0 Å². The van der Waals surface area contributed by atoms with E-state index >= 15 is 0 Å². The van der Waals surface area contributed by atoms with Crippen LogP contribution in [0, 0.1) is 11.3 Å². The summed E-state index contributed by atoms with van der Waals surface area (Å²) < 4.78 is 0. The summed E-state index contributed by atoms with van der Waals surface area (Å²) in [4.78, 5) is 0. The Kier molecular flexibility index (Phi) is 9.70. The third-order valence-electron chi connectivity index (χ3n) is 2.20. The van der Waals surface area contributed by atoms with Crippen molar-refractivity contribution in [2.24, 2.45) is 0 Å². The maximum atomic E-state index is 8.43. The Balaban J connectivity index is 2.96. The maximum absolute atomic E-state index is 8.43. The number of nitrogens with zero attached hydrogens (tertiary/aromatic N) is 1. The van der Waals surface area contributed by atoms with Gasteiger partial charge in [0.2, 0.25) is 0 Å². The zero-order valence-corrected chi connectivity index (χ0v) is 9.32. The molecule has 76 valence electrons. The highest BCUT2D eigenvalue weighted by molar-refractivity contribution is 6.22. The minimum atomic E-state index is -0.268. The topological polar surface area (TPSA) is 23.8 Å². The van der Waals surface area contributed by atoms with Gasteiger partial charge in [0.15, 0.2) is 0 Å². The fourth-order valence-electron chi connectivity index (χ4n) is 1.35. The third kappa shape index (κ3) is 9.70. The van der Waals surface area contributed by atoms with Crippen molar-refractivity contribution in [2.45, 2.75) is 63.7 Å². The smallest absolute Gasteiger partial charge is 0.120 e. The van der Waals surface area contributed by atoms with Crippen LogP contribution in [0.25, 0.3) is 0 Å². The number of halogens is 1. The van der Waals surface area contributed by atoms with E-state index < -0.39 is 0 Å². The number of hydrogen-bond acceptors (Lipinski definition) is 1. The second kappa shape index (κ2) is 9.86. The zero-order valence-electron chi connectivity index (χ0n) is 8.56. The molecule has 0 radical (unpaired) electrons. The Hall–Kier alpha value is -0.220. The maximum Gasteiger partial charge on any atom is 0.120 e. The van der Waals surface area contributed by atoms with Gasteiger partial charge in [0.05, 0.1) is 6.07 Å². The lowest BCUT2D eigenvalue weighted by atomic mass is 10.1. The van der Waals surface area contributed by atoms with Crippen molar-refractivity contribution in [3.63, 3.8) is 0 Å². The summed E-state index contributed by atoms with van der Waals surface area (Å²) in [6.07, 6.45) is 9.85. The van der Waals surface area contributed by atoms with E-state index in [1.165, 1.54) is 38.5 Å². The molecule has 0 saturated carbocycles. The van der Waals surface area contributed by atoms with Gasteiger partial charge in [-0.25, -0.2) is 0 Å². The van der Waals surface area contributed by atoms with E-state index in [1.54, 1.807) is 0 Å². The standard InChI is InChI=1S/C11H20ClN/c1-2-3-4-5-6-7-8-9-11(12)10-13/h11H,2-9H2,1H3. The van der Waals surface area contributed by atoms with Gasteiger partial charge in [-0.3, -0.25) is 0 Å². The number of rotatable bonds is 8. The summed E-state index contributed by atoms with van der Waals surface area (Å²) in [5.74, 6) is 0. The third-order valence-corrected chi connectivity index (χ3v) is 2.52. The molecular formula is C11H20ClN. The second-order valence-electron chi connectivity index (χ2n) is 3.51. The number of hydrogen-bond donors (Lipinski definition) is 0. The van der Waals surface area contributed by atoms with Gasteiger partial charge in [-0.15, -0.1) is 11.6 Å². The Labute approximate surface area is 87.1 Å². The molecule has 13 heavy (non-hydrogen) atoms. The summed E-state index contributed by atoms with van der Waals surface area (Å²) in [7, 11) is 0. The summed E-state index contributed by atoms with van der Waals surface area (Å²) in [5.41, 5.74) is 0. The number of nitriles is 1. The first kappa shape index (κ1) is 12.8. The van der Waals surface area contributed by atoms with E-state index in [1.807, 2.05) is 6.07 Å². The van der Waals surface area contributed by atoms with Crippen LogP contribution in [-0.2, 0) is 0 Å². The molecule has 0 fully saturated rings. The highest BCUT2D eigenvalue weighted by Crippen LogP contribution is 2.11. The molecule has 2 heteroatoms. The van der Waals surface area contributed by atoms with Crippen LogP contribution in [-0.4, -0.2) is 5.38 Å². The molecule has 1 nitrogen and oxygen atoms in total. The molecule has 0 rings (SSSR count). The number of unbranched alkanes of at least 4 members (excludes halogenated alkanes) is 6. The van der Waals surface area contributed by atoms with Crippen LogP contribution >= 0.6 is 11.6 Å². The van der Waals surface area contributed by atoms with Gasteiger partial charge in [0, 0.05) is 0 Å². The van der Waals surface area contributed by atoms with Gasteiger partial charge in [-0.2, -0.15) is 5.26 Å². The van der Waals surface area contributed by atoms with Crippen molar-refractivity contribution in [3.8, 4) is 6.07 Å². The quantitative estimate of drug-likeness (QED) is 0.425. The van der Waals surface area contributed by atoms with Crippen LogP contribution in [0.15, 0.2) is 0 Å². The minimum absolute atomic E-state index is 0.268. The van der Waals surface area contributed by atoms with E-state index in [-0.39, 0.29) is 5.38 Å². The van der Waals surface area contributed by atoms with Gasteiger partial charge in [0.25, 0.3) is 0 Å². The van der Waals surface area contributed by atoms with Crippen LogP contribution < -0.4 is 0 Å². The predicted octanol–water partition coefficient (Wildman–Crippen LogP) is 4.26. The first-order valence-electron chi connectivity index (χ1n) is 5.35. The van der Waals surface area contributed by atoms with Crippen LogP contribution in [0.5, 0.6) is 0 Å². The highest BCUT2D eigenvalue weighted by Gasteiger charge is 2.00. The summed E-state index contributed by atoms with van der Waals surface area (Å²) >= 11 is 5.67. The molecule has 0 aromatic carbocycles. The van der Waals surface area contributed by atoms with Crippen molar-refractivity contribution in [1.82, 2.24) is 0 Å². The van der Waals surface area contributed by atoms with Crippen LogP contribution in [0.3, 0.4) is 0 Å². The summed E-state index contributed by atoms with van der Waals surface area (Å²) in [6, 6.07) is 2.04. The Morgan fingerprint density at radius 2 is 1.62 bits per heavy atom. The molecule has 0 bridgehead atoms. The first-order valence-corrected chi connectivity index (χ1v) is 5.78. The van der Waals surface area contributed by atoms with E-state index in [2.05, 4.69) is 6.92 Å². The lowest BCUT2D eigenvalue weighted by Crippen LogP contribution is -1.92. The fraction of sp³-hybridized carbons (Fsp3) is 0.909. The van der Waals surface area contributed by atoms with Gasteiger partial charge in [-0.05, 0) is 6.42 Å². The molecule has 0 saturated heterocycles. The van der Waals surface area contributed by atoms with Gasteiger partial charge < -0.3 is 0 Å². The molecule has 0 aliphatic heterocycles. The van der Waals surface area contributed by atoms with Crippen LogP contribution in [0.2, 0.25) is 0 Å². The van der Waals surface area contributed by atoms with Crippen molar-refractivity contribution >= 4 is 11.6 Å². The first-order chi connectivity index (χ1) is 6.31. The SMILES string of the molecule is CCCCCCCCCC(Cl)C#N. The largest absolute Gasteiger partial charge is 0.197 e. The molecule has 0 aliphatic rings. The van der Waals surface area contributed by atoms with Crippen molar-refractivity contribution < 1.29 is 0 Å². The van der Waals surface area contributed by atoms with Crippen molar-refractivity contribution in [2.75, 3.05) is 0 Å². The van der Waals surface area contributed by atoms with E-state index in [9.17, 15) is 0 Å². The monoisotopic (exact) mass is 201 g/mol. The second-order valence-corrected chi connectivity index (χ2v) is 4.03. The lowest BCUT2D eigenvalue weighted by molar-refractivity contribution is 0.579.